The SMILES string of the molecule is C=CC(C/C(=C\C)N1CCN(C)CC1)C(C)(C)F.CC.CC.CC.Cc1ccnc(C2=CNCC=C2)[nH]c(C)cc1.[HH]. The Hall–Kier alpha value is -2.86. The quantitative estimate of drug-likeness (QED) is 0.333. The van der Waals surface area contributed by atoms with Crippen LogP contribution in [0, 0.1) is 19.8 Å². The zero-order chi connectivity index (χ0) is 31.8. The molecule has 41 heavy (non-hydrogen) atoms. The highest BCUT2D eigenvalue weighted by atomic mass is 19.1. The van der Waals surface area contributed by atoms with Gasteiger partial charge >= 0.3 is 0 Å². The van der Waals surface area contributed by atoms with Gasteiger partial charge in [-0.15, -0.1) is 6.58 Å². The lowest BCUT2D eigenvalue weighted by molar-refractivity contribution is 0.135. The molecule has 0 radical (unpaired) electrons. The lowest BCUT2D eigenvalue weighted by Crippen LogP contribution is -2.44. The molecule has 1 aromatic rings. The van der Waals surface area contributed by atoms with E-state index < -0.39 is 5.67 Å². The van der Waals surface area contributed by atoms with Crippen molar-refractivity contribution in [2.45, 2.75) is 88.3 Å². The number of allylic oxidation sites excluding steroid dienone is 5. The highest BCUT2D eigenvalue weighted by molar-refractivity contribution is 5.69. The van der Waals surface area contributed by atoms with Crippen LogP contribution in [0.4, 0.5) is 4.39 Å². The van der Waals surface area contributed by atoms with E-state index in [1.165, 1.54) is 11.3 Å². The summed E-state index contributed by atoms with van der Waals surface area (Å²) in [5.41, 5.74) is 3.36. The number of H-pyrrole nitrogens is 1. The molecule has 3 heterocycles. The Kier molecular flexibility index (Phi) is 23.4. The van der Waals surface area contributed by atoms with Crippen LogP contribution in [0.1, 0.15) is 87.2 Å². The van der Waals surface area contributed by atoms with Crippen LogP contribution in [0.25, 0.3) is 5.57 Å². The minimum atomic E-state index is -1.21. The summed E-state index contributed by atoms with van der Waals surface area (Å²) in [4.78, 5) is 12.5. The second kappa shape index (κ2) is 23.8. The number of halogens is 1. The lowest BCUT2D eigenvalue weighted by atomic mass is 9.88. The fourth-order valence-electron chi connectivity index (χ4n) is 3.92. The zero-order valence-corrected chi connectivity index (χ0v) is 28.4. The molecule has 236 valence electrons. The molecule has 1 fully saturated rings. The van der Waals surface area contributed by atoms with Crippen LogP contribution in [0.3, 0.4) is 0 Å². The van der Waals surface area contributed by atoms with E-state index in [-0.39, 0.29) is 7.34 Å². The van der Waals surface area contributed by atoms with Crippen molar-refractivity contribution in [3.05, 3.63) is 84.3 Å². The number of hydrogen-bond acceptors (Lipinski definition) is 4. The van der Waals surface area contributed by atoms with E-state index in [9.17, 15) is 4.39 Å². The Morgan fingerprint density at radius 2 is 1.68 bits per heavy atom. The fraction of sp³-hybridized carbons (Fsp3) is 0.571. The molecule has 0 spiro atoms. The summed E-state index contributed by atoms with van der Waals surface area (Å²) in [5, 5.41) is 3.18. The van der Waals surface area contributed by atoms with E-state index >= 15 is 0 Å². The summed E-state index contributed by atoms with van der Waals surface area (Å²) in [6, 6.07) is 6.12. The molecular weight excluding hydrogens is 509 g/mol. The predicted octanol–water partition coefficient (Wildman–Crippen LogP) is 9.05. The first-order valence-electron chi connectivity index (χ1n) is 15.5. The van der Waals surface area contributed by atoms with Gasteiger partial charge in [-0.2, -0.15) is 0 Å². The van der Waals surface area contributed by atoms with Gasteiger partial charge in [0, 0.05) is 69.4 Å². The molecular formula is C35H64FN5. The van der Waals surface area contributed by atoms with Gasteiger partial charge in [-0.25, -0.2) is 9.37 Å². The van der Waals surface area contributed by atoms with Gasteiger partial charge in [0.1, 0.15) is 11.5 Å². The normalized spacial score (nSPS) is 15.3. The molecule has 0 saturated carbocycles. The maximum absolute atomic E-state index is 14.1. The molecule has 5 nitrogen and oxygen atoms in total. The van der Waals surface area contributed by atoms with Gasteiger partial charge < -0.3 is 20.1 Å². The number of piperazine rings is 1. The average molecular weight is 574 g/mol. The average Bonchev–Trinajstić information content (AvgIpc) is 3.08. The molecule has 0 aromatic carbocycles. The van der Waals surface area contributed by atoms with Crippen LogP contribution in [0.2, 0.25) is 0 Å². The molecule has 0 aliphatic carbocycles. The molecule has 2 aliphatic rings. The van der Waals surface area contributed by atoms with Crippen LogP contribution in [-0.2, 0) is 0 Å². The highest BCUT2D eigenvalue weighted by Crippen LogP contribution is 2.29. The number of aryl methyl sites for hydroxylation is 2. The third kappa shape index (κ3) is 16.9. The summed E-state index contributed by atoms with van der Waals surface area (Å²) in [5.74, 6) is 0.741. The van der Waals surface area contributed by atoms with Crippen molar-refractivity contribution in [2.24, 2.45) is 5.92 Å². The van der Waals surface area contributed by atoms with Crippen molar-refractivity contribution in [1.29, 1.82) is 0 Å². The van der Waals surface area contributed by atoms with E-state index in [0.29, 0.717) is 0 Å². The summed E-state index contributed by atoms with van der Waals surface area (Å²) >= 11 is 0. The van der Waals surface area contributed by atoms with Crippen molar-refractivity contribution in [1.82, 2.24) is 25.1 Å². The van der Waals surface area contributed by atoms with E-state index in [1.807, 2.05) is 73.9 Å². The molecule has 0 amide bonds. The standard InChI is InChI=1S/C15H27FN2.C14H17N3.3C2H6.H2/c1-6-13(15(3,4)16)12-14(7-2)18-10-8-17(5)9-11-18;1-11-5-6-12(2)17-14(16-9-7-11)13-4-3-8-15-10-13;3*1-2;/h6-7,13H,1,8-12H2,2-5H3;3-7,9-10,15H,8H2,1-2H3,(H,16,17);3*1-2H3;1H/b14-7+;;;;;. The van der Waals surface area contributed by atoms with E-state index in [0.717, 1.165) is 56.2 Å². The fourth-order valence-corrected chi connectivity index (χ4v) is 3.92. The zero-order valence-electron chi connectivity index (χ0n) is 28.4. The van der Waals surface area contributed by atoms with E-state index in [4.69, 9.17) is 0 Å². The summed E-state index contributed by atoms with van der Waals surface area (Å²) < 4.78 is 14.1. The van der Waals surface area contributed by atoms with Gasteiger partial charge in [0.15, 0.2) is 0 Å². The number of alkyl halides is 1. The molecule has 1 saturated heterocycles. The van der Waals surface area contributed by atoms with Gasteiger partial charge in [-0.3, -0.25) is 0 Å². The van der Waals surface area contributed by atoms with Gasteiger partial charge in [0.2, 0.25) is 0 Å². The third-order valence-corrected chi connectivity index (χ3v) is 6.35. The van der Waals surface area contributed by atoms with Gasteiger partial charge in [0.25, 0.3) is 0 Å². The van der Waals surface area contributed by atoms with Crippen LogP contribution >= 0.6 is 0 Å². The molecule has 2 aliphatic heterocycles. The van der Waals surface area contributed by atoms with E-state index in [2.05, 4.69) is 76.0 Å². The van der Waals surface area contributed by atoms with E-state index in [1.54, 1.807) is 19.9 Å². The Morgan fingerprint density at radius 3 is 2.17 bits per heavy atom. The number of likely N-dealkylation sites (N-methyl/N-ethyl adjacent to an activating group) is 1. The lowest BCUT2D eigenvalue weighted by Gasteiger charge is -2.37. The van der Waals surface area contributed by atoms with Crippen LogP contribution < -0.4 is 5.32 Å². The van der Waals surface area contributed by atoms with Gasteiger partial charge in [-0.1, -0.05) is 71.9 Å². The van der Waals surface area contributed by atoms with Crippen LogP contribution in [0.5, 0.6) is 0 Å². The summed E-state index contributed by atoms with van der Waals surface area (Å²) in [6.07, 6.45) is 12.6. The second-order valence-corrected chi connectivity index (χ2v) is 9.77. The highest BCUT2D eigenvalue weighted by Gasteiger charge is 2.28. The summed E-state index contributed by atoms with van der Waals surface area (Å²) in [7, 11) is 2.14. The first-order chi connectivity index (χ1) is 19.6. The van der Waals surface area contributed by atoms with Crippen molar-refractivity contribution in [3.63, 3.8) is 0 Å². The maximum atomic E-state index is 14.1. The molecule has 6 heteroatoms. The van der Waals surface area contributed by atoms with Gasteiger partial charge in [-0.05, 0) is 65.8 Å². The predicted molar refractivity (Wildman–Crippen MR) is 183 cm³/mol. The molecule has 3 rings (SSSR count). The molecule has 1 atom stereocenters. The molecule has 0 bridgehead atoms. The number of nitrogens with one attached hydrogen (secondary N) is 2. The van der Waals surface area contributed by atoms with Gasteiger partial charge in [0.05, 0.1) is 0 Å². The smallest absolute Gasteiger partial charge is 0.138 e. The number of rotatable bonds is 6. The maximum Gasteiger partial charge on any atom is 0.138 e. The minimum absolute atomic E-state index is 0. The van der Waals surface area contributed by atoms with Crippen LogP contribution in [0.15, 0.2) is 67.2 Å². The minimum Gasteiger partial charge on any atom is -0.387 e. The van der Waals surface area contributed by atoms with Crippen molar-refractivity contribution >= 4 is 5.57 Å². The Bertz CT molecular complexity index is 966. The third-order valence-electron chi connectivity index (χ3n) is 6.35. The number of dihydropyridines is 1. The number of aromatic amines is 1. The van der Waals surface area contributed by atoms with Crippen LogP contribution in [-0.4, -0.2) is 65.2 Å². The van der Waals surface area contributed by atoms with Crippen molar-refractivity contribution in [3.8, 4) is 0 Å². The largest absolute Gasteiger partial charge is 0.387 e. The molecule has 1 aromatic heterocycles. The monoisotopic (exact) mass is 574 g/mol. The molecule has 1 unspecified atom stereocenters. The number of hydrogen-bond donors (Lipinski definition) is 2. The second-order valence-electron chi connectivity index (χ2n) is 9.77. The topological polar surface area (TPSA) is 47.2 Å². The Morgan fingerprint density at radius 1 is 1.07 bits per heavy atom. The Labute approximate surface area is 254 Å². The first kappa shape index (κ1) is 40.3. The first-order valence-corrected chi connectivity index (χ1v) is 15.5. The number of nitrogens with zero attached hydrogens (tertiary/aromatic N) is 3. The van der Waals surface area contributed by atoms with Crippen molar-refractivity contribution < 1.29 is 5.82 Å². The summed E-state index contributed by atoms with van der Waals surface area (Å²) in [6.45, 7) is 30.3. The van der Waals surface area contributed by atoms with Crippen molar-refractivity contribution in [2.75, 3.05) is 39.8 Å². The Balaban J connectivity index is -0.000000603. The number of aromatic nitrogens is 2. The molecule has 2 N–H and O–H groups in total.